The van der Waals surface area contributed by atoms with E-state index in [1.54, 1.807) is 11.8 Å². The Kier molecular flexibility index (Phi) is 7.28. The number of amides is 2. The number of ether oxygens (including phenoxy) is 1. The van der Waals surface area contributed by atoms with Gasteiger partial charge >= 0.3 is 6.09 Å². The summed E-state index contributed by atoms with van der Waals surface area (Å²) in [5.41, 5.74) is 9.06. The van der Waals surface area contributed by atoms with Gasteiger partial charge in [0.25, 0.3) is 0 Å². The zero-order valence-corrected chi connectivity index (χ0v) is 16.9. The minimum absolute atomic E-state index is 0.0557. The lowest BCUT2D eigenvalue weighted by atomic mass is 9.95. The van der Waals surface area contributed by atoms with E-state index in [0.29, 0.717) is 32.5 Å². The van der Waals surface area contributed by atoms with Crippen LogP contribution in [-0.2, 0) is 16.0 Å². The fourth-order valence-electron chi connectivity index (χ4n) is 3.90. The SMILES string of the molecule is CCCc1ccc(C2CC(NC(=O)C3CCN(C(=O)OCC)CC3)NN2)cc1. The Hall–Kier alpha value is -2.12. The molecule has 1 aromatic carbocycles. The average molecular weight is 389 g/mol. The third-order valence-electron chi connectivity index (χ3n) is 5.53. The number of likely N-dealkylation sites (tertiary alicyclic amines) is 1. The lowest BCUT2D eigenvalue weighted by molar-refractivity contribution is -0.127. The lowest BCUT2D eigenvalue weighted by Crippen LogP contribution is -2.49. The van der Waals surface area contributed by atoms with Crippen molar-refractivity contribution < 1.29 is 14.3 Å². The van der Waals surface area contributed by atoms with Crippen LogP contribution < -0.4 is 16.2 Å². The number of carbonyl (C=O) groups excluding carboxylic acids is 2. The highest BCUT2D eigenvalue weighted by molar-refractivity contribution is 5.79. The van der Waals surface area contributed by atoms with Crippen LogP contribution in [0.25, 0.3) is 0 Å². The van der Waals surface area contributed by atoms with Gasteiger partial charge in [-0.05, 0) is 37.3 Å². The Labute approximate surface area is 167 Å². The number of nitrogens with one attached hydrogen (secondary N) is 3. The molecule has 28 heavy (non-hydrogen) atoms. The highest BCUT2D eigenvalue weighted by Crippen LogP contribution is 2.23. The van der Waals surface area contributed by atoms with Crippen LogP contribution in [0.4, 0.5) is 4.79 Å². The maximum atomic E-state index is 12.6. The third-order valence-corrected chi connectivity index (χ3v) is 5.53. The predicted octanol–water partition coefficient (Wildman–Crippen LogP) is 2.49. The molecule has 154 valence electrons. The monoisotopic (exact) mass is 388 g/mol. The summed E-state index contributed by atoms with van der Waals surface area (Å²) in [5, 5.41) is 3.10. The topological polar surface area (TPSA) is 82.7 Å². The van der Waals surface area contributed by atoms with E-state index in [1.807, 2.05) is 0 Å². The summed E-state index contributed by atoms with van der Waals surface area (Å²) in [6.45, 7) is 5.50. The van der Waals surface area contributed by atoms with E-state index >= 15 is 0 Å². The highest BCUT2D eigenvalue weighted by Gasteiger charge is 2.31. The van der Waals surface area contributed by atoms with Crippen molar-refractivity contribution in [3.8, 4) is 0 Å². The van der Waals surface area contributed by atoms with Gasteiger partial charge in [0.2, 0.25) is 5.91 Å². The van der Waals surface area contributed by atoms with Crippen LogP contribution in [-0.4, -0.2) is 42.8 Å². The molecule has 2 atom stereocenters. The fourth-order valence-corrected chi connectivity index (χ4v) is 3.90. The van der Waals surface area contributed by atoms with Gasteiger partial charge in [-0.15, -0.1) is 0 Å². The van der Waals surface area contributed by atoms with Gasteiger partial charge in [0.05, 0.1) is 12.8 Å². The van der Waals surface area contributed by atoms with E-state index < -0.39 is 0 Å². The van der Waals surface area contributed by atoms with Gasteiger partial charge < -0.3 is 15.0 Å². The van der Waals surface area contributed by atoms with Crippen molar-refractivity contribution in [2.24, 2.45) is 5.92 Å². The zero-order chi connectivity index (χ0) is 19.9. The molecule has 2 unspecified atom stereocenters. The first-order chi connectivity index (χ1) is 13.6. The molecule has 0 bridgehead atoms. The van der Waals surface area contributed by atoms with E-state index in [2.05, 4.69) is 47.4 Å². The summed E-state index contributed by atoms with van der Waals surface area (Å²) in [5.74, 6) is 0.00149. The maximum Gasteiger partial charge on any atom is 0.409 e. The molecular weight excluding hydrogens is 356 g/mol. The second kappa shape index (κ2) is 9.89. The number of nitrogens with zero attached hydrogens (tertiary/aromatic N) is 1. The number of rotatable bonds is 6. The number of hydrogen-bond donors (Lipinski definition) is 3. The van der Waals surface area contributed by atoms with Gasteiger partial charge in [0.1, 0.15) is 0 Å². The minimum atomic E-state index is -0.282. The number of hydrogen-bond acceptors (Lipinski definition) is 5. The molecule has 2 heterocycles. The van der Waals surface area contributed by atoms with Gasteiger partial charge in [-0.25, -0.2) is 15.6 Å². The van der Waals surface area contributed by atoms with Crippen molar-refractivity contribution in [2.75, 3.05) is 19.7 Å². The number of piperidine rings is 1. The van der Waals surface area contributed by atoms with Gasteiger partial charge in [0.15, 0.2) is 0 Å². The molecular formula is C21H32N4O3. The first-order valence-electron chi connectivity index (χ1n) is 10.4. The van der Waals surface area contributed by atoms with Gasteiger partial charge in [-0.2, -0.15) is 0 Å². The molecule has 2 aliphatic rings. The Morgan fingerprint density at radius 2 is 1.86 bits per heavy atom. The number of aryl methyl sites for hydroxylation is 1. The van der Waals surface area contributed by atoms with Crippen molar-refractivity contribution in [1.29, 1.82) is 0 Å². The maximum absolute atomic E-state index is 12.6. The summed E-state index contributed by atoms with van der Waals surface area (Å²) in [6, 6.07) is 8.89. The number of hydrazine groups is 1. The van der Waals surface area contributed by atoms with Crippen LogP contribution in [0.1, 0.15) is 56.7 Å². The molecule has 0 spiro atoms. The smallest absolute Gasteiger partial charge is 0.409 e. The van der Waals surface area contributed by atoms with Crippen molar-refractivity contribution in [3.05, 3.63) is 35.4 Å². The largest absolute Gasteiger partial charge is 0.450 e. The van der Waals surface area contributed by atoms with Gasteiger partial charge in [-0.1, -0.05) is 37.6 Å². The molecule has 2 aliphatic heterocycles. The van der Waals surface area contributed by atoms with Gasteiger partial charge in [0, 0.05) is 31.5 Å². The summed E-state index contributed by atoms with van der Waals surface area (Å²) < 4.78 is 5.03. The molecule has 0 radical (unpaired) electrons. The fraction of sp³-hybridized carbons (Fsp3) is 0.619. The molecule has 2 fully saturated rings. The lowest BCUT2D eigenvalue weighted by Gasteiger charge is -2.31. The van der Waals surface area contributed by atoms with Crippen LogP contribution >= 0.6 is 0 Å². The van der Waals surface area contributed by atoms with Gasteiger partial charge in [-0.3, -0.25) is 4.79 Å². The Morgan fingerprint density at radius 1 is 1.14 bits per heavy atom. The van der Waals surface area contributed by atoms with Crippen LogP contribution in [0, 0.1) is 5.92 Å². The molecule has 0 saturated carbocycles. The van der Waals surface area contributed by atoms with E-state index in [4.69, 9.17) is 4.74 Å². The number of benzene rings is 1. The molecule has 2 saturated heterocycles. The van der Waals surface area contributed by atoms with Crippen molar-refractivity contribution in [1.82, 2.24) is 21.1 Å². The second-order valence-electron chi connectivity index (χ2n) is 7.59. The quantitative estimate of drug-likeness (QED) is 0.697. The normalized spacial score (nSPS) is 22.9. The molecule has 3 N–H and O–H groups in total. The first-order valence-corrected chi connectivity index (χ1v) is 10.4. The second-order valence-corrected chi connectivity index (χ2v) is 7.59. The van der Waals surface area contributed by atoms with E-state index in [1.165, 1.54) is 11.1 Å². The van der Waals surface area contributed by atoms with Crippen molar-refractivity contribution >= 4 is 12.0 Å². The van der Waals surface area contributed by atoms with E-state index in [9.17, 15) is 9.59 Å². The average Bonchev–Trinajstić information content (AvgIpc) is 3.17. The van der Waals surface area contributed by atoms with Crippen LogP contribution in [0.2, 0.25) is 0 Å². The van der Waals surface area contributed by atoms with E-state index in [0.717, 1.165) is 19.3 Å². The Balaban J connectivity index is 1.44. The minimum Gasteiger partial charge on any atom is -0.450 e. The Bertz CT molecular complexity index is 656. The first kappa shape index (κ1) is 20.6. The van der Waals surface area contributed by atoms with Crippen LogP contribution in [0.15, 0.2) is 24.3 Å². The van der Waals surface area contributed by atoms with Crippen molar-refractivity contribution in [3.63, 3.8) is 0 Å². The molecule has 2 amide bonds. The third kappa shape index (κ3) is 5.23. The number of carbonyl (C=O) groups is 2. The summed E-state index contributed by atoms with van der Waals surface area (Å²) >= 11 is 0. The Morgan fingerprint density at radius 3 is 2.50 bits per heavy atom. The molecule has 0 aromatic heterocycles. The summed E-state index contributed by atoms with van der Waals surface area (Å²) in [7, 11) is 0. The summed E-state index contributed by atoms with van der Waals surface area (Å²) in [6.07, 6.45) is 4.03. The zero-order valence-electron chi connectivity index (χ0n) is 16.9. The molecule has 7 nitrogen and oxygen atoms in total. The van der Waals surface area contributed by atoms with Crippen LogP contribution in [0.5, 0.6) is 0 Å². The predicted molar refractivity (Wildman–Crippen MR) is 107 cm³/mol. The van der Waals surface area contributed by atoms with E-state index in [-0.39, 0.29) is 30.1 Å². The van der Waals surface area contributed by atoms with Crippen molar-refractivity contribution in [2.45, 2.75) is 58.2 Å². The standard InChI is InChI=1S/C21H32N4O3/c1-3-5-15-6-8-16(9-7-15)18-14-19(24-23-18)22-20(26)17-10-12-25(13-11-17)21(27)28-4-2/h6-9,17-19,23-24H,3-5,10-14H2,1-2H3,(H,22,26). The van der Waals surface area contributed by atoms with Crippen LogP contribution in [0.3, 0.4) is 0 Å². The molecule has 3 rings (SSSR count). The summed E-state index contributed by atoms with van der Waals surface area (Å²) in [4.78, 5) is 26.1. The highest BCUT2D eigenvalue weighted by atomic mass is 16.6. The molecule has 7 heteroatoms. The molecule has 0 aliphatic carbocycles. The molecule has 1 aromatic rings.